The number of hydrogen-bond donors (Lipinski definition) is 0. The van der Waals surface area contributed by atoms with E-state index in [4.69, 9.17) is 4.52 Å². The number of halogens is 6. The molecule has 2 aromatic heterocycles. The first-order valence-corrected chi connectivity index (χ1v) is 11.8. The highest BCUT2D eigenvalue weighted by atomic mass is 19.4. The van der Waals surface area contributed by atoms with Crippen molar-refractivity contribution >= 4 is 16.7 Å². The van der Waals surface area contributed by atoms with Crippen LogP contribution in [0.3, 0.4) is 0 Å². The average Bonchev–Trinajstić information content (AvgIpc) is 3.49. The second-order valence-electron chi connectivity index (χ2n) is 8.76. The molecule has 12 heteroatoms. The molecule has 0 aliphatic heterocycles. The van der Waals surface area contributed by atoms with Crippen molar-refractivity contribution < 1.29 is 40.4 Å². The summed E-state index contributed by atoms with van der Waals surface area (Å²) >= 11 is 0. The largest absolute Gasteiger partial charge is 0.481 e. The Kier molecular flexibility index (Phi) is 7.52. The summed E-state index contributed by atoms with van der Waals surface area (Å²) in [5, 5.41) is 4.61. The van der Waals surface area contributed by atoms with Crippen molar-refractivity contribution in [3.8, 4) is 28.6 Å². The zero-order valence-electron chi connectivity index (χ0n) is 20.4. The van der Waals surface area contributed by atoms with Crippen molar-refractivity contribution in [2.45, 2.75) is 58.1 Å². The van der Waals surface area contributed by atoms with Crippen molar-refractivity contribution in [1.29, 1.82) is 0 Å². The number of unbranched alkanes of at least 4 members (excludes halogenated alkanes) is 1. The normalized spacial score (nSPS) is 13.2. The molecule has 0 amide bonds. The standard InChI is InChI=1S/C26H23F6N3O3/c1-3-4-6-17(36)14-35-12-11-18-19(7-5-8-21(18)35)23-33-24(38-34-23)16-9-10-22(20(13-16)26(30,31)32)37-15(2)25(27,28)29/h5,7-13,15H,3-4,6,14H2,1-2H3. The van der Waals surface area contributed by atoms with Gasteiger partial charge >= 0.3 is 12.4 Å². The van der Waals surface area contributed by atoms with Crippen molar-refractivity contribution in [3.05, 3.63) is 54.2 Å². The number of Topliss-reactive ketones (excluding diaryl/α,β-unsaturated/α-hetero) is 1. The molecule has 0 bridgehead atoms. The average molecular weight is 539 g/mol. The molecule has 6 nitrogen and oxygen atoms in total. The highest BCUT2D eigenvalue weighted by Crippen LogP contribution is 2.40. The van der Waals surface area contributed by atoms with Gasteiger partial charge in [-0.1, -0.05) is 30.6 Å². The van der Waals surface area contributed by atoms with Crippen LogP contribution in [0.25, 0.3) is 33.7 Å². The van der Waals surface area contributed by atoms with Gasteiger partial charge in [-0.2, -0.15) is 31.3 Å². The molecule has 0 aliphatic carbocycles. The number of fused-ring (bicyclic) bond motifs is 1. The van der Waals surface area contributed by atoms with Gasteiger partial charge in [0.15, 0.2) is 11.9 Å². The van der Waals surface area contributed by atoms with E-state index in [1.54, 1.807) is 29.0 Å². The summed E-state index contributed by atoms with van der Waals surface area (Å²) in [6.45, 7) is 2.82. The molecule has 202 valence electrons. The molecule has 2 aromatic carbocycles. The smallest absolute Gasteiger partial charge is 0.425 e. The van der Waals surface area contributed by atoms with Crippen molar-refractivity contribution in [2.24, 2.45) is 0 Å². The number of carbonyl (C=O) groups is 1. The van der Waals surface area contributed by atoms with E-state index in [0.717, 1.165) is 30.5 Å². The molecular formula is C26H23F6N3O3. The van der Waals surface area contributed by atoms with E-state index >= 15 is 0 Å². The number of benzene rings is 2. The summed E-state index contributed by atoms with van der Waals surface area (Å²) in [5.74, 6) is -1.04. The predicted molar refractivity (Wildman–Crippen MR) is 126 cm³/mol. The lowest BCUT2D eigenvalue weighted by Gasteiger charge is -2.20. The minimum Gasteiger partial charge on any atom is -0.481 e. The first-order chi connectivity index (χ1) is 17.9. The number of nitrogens with zero attached hydrogens (tertiary/aromatic N) is 3. The minimum atomic E-state index is -5.00. The van der Waals surface area contributed by atoms with E-state index < -0.39 is 29.8 Å². The first-order valence-electron chi connectivity index (χ1n) is 11.8. The number of aromatic nitrogens is 3. The molecule has 0 radical (unpaired) electrons. The van der Waals surface area contributed by atoms with E-state index in [1.165, 1.54) is 0 Å². The van der Waals surface area contributed by atoms with Gasteiger partial charge in [0.1, 0.15) is 5.75 Å². The Balaban J connectivity index is 1.65. The fourth-order valence-corrected chi connectivity index (χ4v) is 3.89. The quantitative estimate of drug-likeness (QED) is 0.207. The van der Waals surface area contributed by atoms with Gasteiger partial charge in [0.2, 0.25) is 5.82 Å². The number of ketones is 1. The third-order valence-electron chi connectivity index (χ3n) is 5.93. The maximum atomic E-state index is 13.6. The summed E-state index contributed by atoms with van der Waals surface area (Å²) in [6.07, 6.45) is -8.33. The minimum absolute atomic E-state index is 0.0918. The zero-order chi connectivity index (χ0) is 27.7. The Labute approximate surface area is 213 Å². The van der Waals surface area contributed by atoms with Crippen LogP contribution in [0.1, 0.15) is 38.7 Å². The fourth-order valence-electron chi connectivity index (χ4n) is 3.89. The van der Waals surface area contributed by atoms with E-state index in [9.17, 15) is 31.1 Å². The highest BCUT2D eigenvalue weighted by molar-refractivity contribution is 5.94. The van der Waals surface area contributed by atoms with E-state index in [2.05, 4.69) is 14.9 Å². The van der Waals surface area contributed by atoms with Crippen LogP contribution in [-0.2, 0) is 17.5 Å². The monoisotopic (exact) mass is 539 g/mol. The number of alkyl halides is 6. The molecule has 1 unspecified atom stereocenters. The van der Waals surface area contributed by atoms with Crippen LogP contribution in [0.4, 0.5) is 26.3 Å². The fraction of sp³-hybridized carbons (Fsp3) is 0.346. The Morgan fingerprint density at radius 1 is 1.11 bits per heavy atom. The molecule has 0 N–H and O–H groups in total. The lowest BCUT2D eigenvalue weighted by atomic mass is 10.1. The number of rotatable bonds is 9. The van der Waals surface area contributed by atoms with Gasteiger partial charge in [0.05, 0.1) is 12.1 Å². The second kappa shape index (κ2) is 10.5. The van der Waals surface area contributed by atoms with Gasteiger partial charge in [-0.15, -0.1) is 0 Å². The van der Waals surface area contributed by atoms with Crippen molar-refractivity contribution in [3.63, 3.8) is 0 Å². The van der Waals surface area contributed by atoms with E-state index in [-0.39, 0.29) is 29.6 Å². The summed E-state index contributed by atoms with van der Waals surface area (Å²) in [7, 11) is 0. The Morgan fingerprint density at radius 3 is 2.55 bits per heavy atom. The Bertz CT molecular complexity index is 1440. The lowest BCUT2D eigenvalue weighted by molar-refractivity contribution is -0.191. The molecular weight excluding hydrogens is 516 g/mol. The molecule has 4 aromatic rings. The third kappa shape index (κ3) is 5.84. The van der Waals surface area contributed by atoms with E-state index in [0.29, 0.717) is 30.4 Å². The molecule has 4 rings (SSSR count). The number of carbonyl (C=O) groups excluding carboxylic acids is 1. The van der Waals surface area contributed by atoms with Gasteiger partial charge in [-0.25, -0.2) is 0 Å². The molecule has 2 heterocycles. The summed E-state index contributed by atoms with van der Waals surface area (Å²) in [4.78, 5) is 16.5. The second-order valence-corrected chi connectivity index (χ2v) is 8.76. The topological polar surface area (TPSA) is 70.2 Å². The van der Waals surface area contributed by atoms with Crippen LogP contribution in [0, 0.1) is 0 Å². The van der Waals surface area contributed by atoms with Gasteiger partial charge in [0, 0.05) is 34.6 Å². The SMILES string of the molecule is CCCCC(=O)Cn1ccc2c(-c3noc(-c4ccc(OC(C)C(F)(F)F)c(C(F)(F)F)c4)n3)cccc21. The van der Waals surface area contributed by atoms with Gasteiger partial charge in [-0.05, 0) is 43.7 Å². The third-order valence-corrected chi connectivity index (χ3v) is 5.93. The molecule has 38 heavy (non-hydrogen) atoms. The molecule has 0 aliphatic rings. The number of ether oxygens (including phenoxy) is 1. The number of hydrogen-bond acceptors (Lipinski definition) is 5. The summed E-state index contributed by atoms with van der Waals surface area (Å²) in [5.41, 5.74) is -0.266. The molecule has 0 saturated heterocycles. The van der Waals surface area contributed by atoms with Crippen LogP contribution in [0.5, 0.6) is 5.75 Å². The molecule has 0 spiro atoms. The van der Waals surface area contributed by atoms with Crippen molar-refractivity contribution in [2.75, 3.05) is 0 Å². The van der Waals surface area contributed by atoms with Gasteiger partial charge in [0.25, 0.3) is 5.89 Å². The maximum Gasteiger partial charge on any atom is 0.425 e. The van der Waals surface area contributed by atoms with Crippen LogP contribution >= 0.6 is 0 Å². The summed E-state index contributed by atoms with van der Waals surface area (Å²) in [6, 6.07) is 9.55. The van der Waals surface area contributed by atoms with Gasteiger partial charge < -0.3 is 13.8 Å². The van der Waals surface area contributed by atoms with Crippen LogP contribution < -0.4 is 4.74 Å². The zero-order valence-corrected chi connectivity index (χ0v) is 20.4. The highest BCUT2D eigenvalue weighted by Gasteiger charge is 2.41. The van der Waals surface area contributed by atoms with Crippen LogP contribution in [0.15, 0.2) is 53.2 Å². The lowest BCUT2D eigenvalue weighted by Crippen LogP contribution is -2.31. The molecule has 0 fully saturated rings. The predicted octanol–water partition coefficient (Wildman–Crippen LogP) is 7.47. The van der Waals surface area contributed by atoms with Crippen molar-refractivity contribution in [1.82, 2.24) is 14.7 Å². The van der Waals surface area contributed by atoms with Gasteiger partial charge in [-0.3, -0.25) is 4.79 Å². The summed E-state index contributed by atoms with van der Waals surface area (Å²) < 4.78 is 91.0. The first kappa shape index (κ1) is 27.2. The van der Waals surface area contributed by atoms with Crippen LogP contribution in [0.2, 0.25) is 0 Å². The maximum absolute atomic E-state index is 13.6. The Hall–Kier alpha value is -3.83. The molecule has 1 atom stereocenters. The Morgan fingerprint density at radius 2 is 1.87 bits per heavy atom. The molecule has 0 saturated carbocycles. The van der Waals surface area contributed by atoms with E-state index in [1.807, 2.05) is 13.0 Å². The van der Waals surface area contributed by atoms with Crippen LogP contribution in [-0.4, -0.2) is 32.8 Å².